The summed E-state index contributed by atoms with van der Waals surface area (Å²) in [5.74, 6) is 1.78. The first kappa shape index (κ1) is 26.0. The zero-order valence-corrected chi connectivity index (χ0v) is 21.8. The van der Waals surface area contributed by atoms with E-state index in [1.807, 2.05) is 48.7 Å². The lowest BCUT2D eigenvalue weighted by Gasteiger charge is -2.38. The van der Waals surface area contributed by atoms with Crippen molar-refractivity contribution < 1.29 is 19.7 Å². The molecule has 0 spiro atoms. The number of ether oxygens (including phenoxy) is 2. The summed E-state index contributed by atoms with van der Waals surface area (Å²) >= 11 is 6.03. The minimum Gasteiger partial charge on any atom is -0.493 e. The molecule has 2 aromatic carbocycles. The number of halogens is 1. The number of likely N-dealkylation sites (tertiary alicyclic amines) is 1. The van der Waals surface area contributed by atoms with E-state index >= 15 is 0 Å². The molecule has 0 aliphatic carbocycles. The fourth-order valence-electron chi connectivity index (χ4n) is 5.41. The van der Waals surface area contributed by atoms with Crippen molar-refractivity contribution >= 4 is 23.4 Å². The van der Waals surface area contributed by atoms with Crippen LogP contribution in [0.3, 0.4) is 0 Å². The van der Waals surface area contributed by atoms with Gasteiger partial charge in [0.05, 0.1) is 18.2 Å². The average molecular weight is 523 g/mol. The van der Waals surface area contributed by atoms with E-state index in [-0.39, 0.29) is 18.6 Å². The molecule has 2 atom stereocenters. The predicted molar refractivity (Wildman–Crippen MR) is 148 cm³/mol. The highest BCUT2D eigenvalue weighted by Gasteiger charge is 2.34. The Balaban J connectivity index is 1.29. The summed E-state index contributed by atoms with van der Waals surface area (Å²) in [6.45, 7) is 3.74. The first-order chi connectivity index (χ1) is 18.1. The maximum absolute atomic E-state index is 11.2. The summed E-state index contributed by atoms with van der Waals surface area (Å²) in [5.41, 5.74) is 2.42. The van der Waals surface area contributed by atoms with Gasteiger partial charge in [-0.1, -0.05) is 35.9 Å². The third-order valence-electron chi connectivity index (χ3n) is 7.57. The van der Waals surface area contributed by atoms with Crippen LogP contribution in [0.15, 0.2) is 65.7 Å². The molecular formula is C30H35ClN2O4. The van der Waals surface area contributed by atoms with Gasteiger partial charge in [0.15, 0.2) is 0 Å². The monoisotopic (exact) mass is 522 g/mol. The largest absolute Gasteiger partial charge is 0.493 e. The van der Waals surface area contributed by atoms with E-state index in [2.05, 4.69) is 23.1 Å². The Bertz CT molecular complexity index is 1150. The Morgan fingerprint density at radius 1 is 1.16 bits per heavy atom. The molecule has 3 aliphatic heterocycles. The highest BCUT2D eigenvalue weighted by molar-refractivity contribution is 6.30. The second-order valence-electron chi connectivity index (χ2n) is 10.00. The van der Waals surface area contributed by atoms with E-state index in [9.17, 15) is 5.11 Å². The van der Waals surface area contributed by atoms with Crippen molar-refractivity contribution in [1.29, 1.82) is 0 Å². The van der Waals surface area contributed by atoms with Crippen molar-refractivity contribution in [3.63, 3.8) is 0 Å². The lowest BCUT2D eigenvalue weighted by molar-refractivity contribution is -0.0254. The molecule has 0 radical (unpaired) electrons. The molecule has 37 heavy (non-hydrogen) atoms. The van der Waals surface area contributed by atoms with Gasteiger partial charge in [0, 0.05) is 55.4 Å². The first-order valence-electron chi connectivity index (χ1n) is 13.2. The van der Waals surface area contributed by atoms with Crippen molar-refractivity contribution in [3.8, 4) is 11.5 Å². The third-order valence-corrected chi connectivity index (χ3v) is 7.82. The number of rotatable bonds is 8. The Morgan fingerprint density at radius 3 is 2.76 bits per heavy atom. The summed E-state index contributed by atoms with van der Waals surface area (Å²) in [4.78, 5) is 7.12. The minimum atomic E-state index is -0.790. The highest BCUT2D eigenvalue weighted by Crippen LogP contribution is 2.41. The molecule has 1 saturated heterocycles. The molecule has 2 aromatic rings. The normalized spacial score (nSPS) is 23.7. The lowest BCUT2D eigenvalue weighted by atomic mass is 9.84. The number of hydrogen-bond acceptors (Lipinski definition) is 6. The molecule has 196 valence electrons. The standard InChI is InChI=1S/C30H35ClN2O4/c31-23-8-6-22(7-9-23)30(35)12-16-33(17-13-30)15-2-5-25-26-4-1-14-32-28(26)21-37-29-11-10-24(20-27(25)29)36-19-3-18-34/h1,4-11,14,20,26,28,34-35H,2-3,12-13,15-19,21H2. The summed E-state index contributed by atoms with van der Waals surface area (Å²) in [6.07, 6.45) is 11.3. The maximum Gasteiger partial charge on any atom is 0.127 e. The van der Waals surface area contributed by atoms with Crippen LogP contribution < -0.4 is 9.47 Å². The highest BCUT2D eigenvalue weighted by atomic mass is 35.5. The second-order valence-corrected chi connectivity index (χ2v) is 10.4. The van der Waals surface area contributed by atoms with Crippen molar-refractivity contribution in [2.24, 2.45) is 10.9 Å². The lowest BCUT2D eigenvalue weighted by Crippen LogP contribution is -2.42. The van der Waals surface area contributed by atoms with E-state index in [0.29, 0.717) is 37.5 Å². The zero-order valence-electron chi connectivity index (χ0n) is 21.1. The number of aliphatic imine (C=N–C) groups is 1. The van der Waals surface area contributed by atoms with Gasteiger partial charge in [0.1, 0.15) is 18.1 Å². The quantitative estimate of drug-likeness (QED) is 0.483. The molecule has 0 saturated carbocycles. The number of aliphatic hydroxyl groups is 2. The molecule has 0 amide bonds. The maximum atomic E-state index is 11.2. The molecule has 3 heterocycles. The average Bonchev–Trinajstić information content (AvgIpc) is 3.07. The van der Waals surface area contributed by atoms with Crippen LogP contribution in [0.4, 0.5) is 0 Å². The molecule has 7 heteroatoms. The van der Waals surface area contributed by atoms with Crippen LogP contribution in [0, 0.1) is 5.92 Å². The van der Waals surface area contributed by atoms with Crippen LogP contribution in [-0.4, -0.2) is 66.8 Å². The summed E-state index contributed by atoms with van der Waals surface area (Å²) in [7, 11) is 0. The van der Waals surface area contributed by atoms with Crippen LogP contribution in [-0.2, 0) is 5.60 Å². The van der Waals surface area contributed by atoms with Gasteiger partial charge in [-0.25, -0.2) is 0 Å². The van der Waals surface area contributed by atoms with Crippen molar-refractivity contribution in [2.45, 2.75) is 37.3 Å². The molecule has 6 nitrogen and oxygen atoms in total. The van der Waals surface area contributed by atoms with E-state index in [1.54, 1.807) is 0 Å². The smallest absolute Gasteiger partial charge is 0.127 e. The van der Waals surface area contributed by atoms with Gasteiger partial charge >= 0.3 is 0 Å². The fraction of sp³-hybridized carbons (Fsp3) is 0.433. The molecule has 5 rings (SSSR count). The SMILES string of the molecule is OCCCOc1ccc2c(c1)C(=CCCN1CCC(O)(c3ccc(Cl)cc3)CC1)C1C=CC=NC1CO2. The Labute approximate surface area is 223 Å². The fourth-order valence-corrected chi connectivity index (χ4v) is 5.54. The number of dihydropyridines is 1. The molecule has 0 aromatic heterocycles. The van der Waals surface area contributed by atoms with Gasteiger partial charge < -0.3 is 24.6 Å². The Kier molecular flexibility index (Phi) is 8.30. The van der Waals surface area contributed by atoms with Crippen LogP contribution in [0.25, 0.3) is 5.57 Å². The Hall–Kier alpha value is -2.64. The molecule has 2 N–H and O–H groups in total. The van der Waals surface area contributed by atoms with Crippen LogP contribution in [0.1, 0.15) is 36.8 Å². The first-order valence-corrected chi connectivity index (χ1v) is 13.6. The minimum absolute atomic E-state index is 0.0479. The molecule has 1 fully saturated rings. The van der Waals surface area contributed by atoms with Gasteiger partial charge in [0.25, 0.3) is 0 Å². The second kappa shape index (κ2) is 11.8. The number of benzene rings is 2. The number of nitrogens with zero attached hydrogens (tertiary/aromatic N) is 2. The van der Waals surface area contributed by atoms with Crippen LogP contribution in [0.2, 0.25) is 5.02 Å². The number of allylic oxidation sites excluding steroid dienone is 1. The number of hydrogen-bond donors (Lipinski definition) is 2. The van der Waals surface area contributed by atoms with Gasteiger partial charge in [0.2, 0.25) is 0 Å². The van der Waals surface area contributed by atoms with Crippen molar-refractivity contribution in [2.75, 3.05) is 39.5 Å². The summed E-state index contributed by atoms with van der Waals surface area (Å²) in [6, 6.07) is 13.6. The van der Waals surface area contributed by atoms with Gasteiger partial charge in [-0.2, -0.15) is 0 Å². The Morgan fingerprint density at radius 2 is 1.97 bits per heavy atom. The molecule has 0 bridgehead atoms. The van der Waals surface area contributed by atoms with Crippen LogP contribution in [0.5, 0.6) is 11.5 Å². The van der Waals surface area contributed by atoms with Crippen molar-refractivity contribution in [1.82, 2.24) is 4.90 Å². The number of aliphatic hydroxyl groups excluding tert-OH is 1. The van der Waals surface area contributed by atoms with E-state index in [1.165, 1.54) is 5.57 Å². The van der Waals surface area contributed by atoms with Crippen molar-refractivity contribution in [3.05, 3.63) is 76.8 Å². The number of fused-ring (bicyclic) bond motifs is 2. The summed E-state index contributed by atoms with van der Waals surface area (Å²) in [5, 5.41) is 21.0. The van der Waals surface area contributed by atoms with E-state index in [0.717, 1.165) is 48.7 Å². The zero-order chi connectivity index (χ0) is 25.7. The molecule has 2 unspecified atom stereocenters. The third kappa shape index (κ3) is 6.10. The van der Waals surface area contributed by atoms with E-state index < -0.39 is 5.60 Å². The van der Waals surface area contributed by atoms with Gasteiger partial charge in [-0.05, 0) is 66.8 Å². The predicted octanol–water partition coefficient (Wildman–Crippen LogP) is 4.88. The summed E-state index contributed by atoms with van der Waals surface area (Å²) < 4.78 is 12.0. The number of piperidine rings is 1. The molecular weight excluding hydrogens is 488 g/mol. The van der Waals surface area contributed by atoms with Crippen LogP contribution >= 0.6 is 11.6 Å². The van der Waals surface area contributed by atoms with Gasteiger partial charge in [-0.3, -0.25) is 4.99 Å². The topological polar surface area (TPSA) is 74.5 Å². The van der Waals surface area contributed by atoms with E-state index in [4.69, 9.17) is 31.2 Å². The van der Waals surface area contributed by atoms with Gasteiger partial charge in [-0.15, -0.1) is 0 Å². The molecule has 3 aliphatic rings.